The molecule has 0 aromatic carbocycles. The summed E-state index contributed by atoms with van der Waals surface area (Å²) in [4.78, 5) is 0. The molecule has 6 heteroatoms. The first kappa shape index (κ1) is 9.76. The number of rotatable bonds is 3. The minimum atomic E-state index is -3.17. The first-order valence-electron chi connectivity index (χ1n) is 2.70. The topological polar surface area (TPSA) is 133 Å². The monoisotopic (exact) mass is 152 g/mol. The van der Waals surface area contributed by atoms with Crippen molar-refractivity contribution in [2.24, 2.45) is 11.5 Å². The normalized spacial score (nSPS) is 18.6. The minimum Gasteiger partial charge on any atom is -0.383 e. The van der Waals surface area contributed by atoms with E-state index < -0.39 is 18.1 Å². The van der Waals surface area contributed by atoms with Crippen LogP contribution in [0.4, 0.5) is 0 Å². The molecule has 2 unspecified atom stereocenters. The van der Waals surface area contributed by atoms with E-state index in [4.69, 9.17) is 31.9 Å². The van der Waals surface area contributed by atoms with E-state index in [1.807, 2.05) is 0 Å². The van der Waals surface area contributed by atoms with Crippen LogP contribution in [-0.4, -0.2) is 45.1 Å². The predicted octanol–water partition coefficient (Wildman–Crippen LogP) is -3.74. The summed E-state index contributed by atoms with van der Waals surface area (Å²) in [5, 5.41) is 33.6. The number of aliphatic hydroxyl groups is 4. The Hall–Kier alpha value is -0.240. The molecule has 0 radical (unpaired) electrons. The van der Waals surface area contributed by atoms with Crippen molar-refractivity contribution in [3.63, 3.8) is 0 Å². The number of nitrogens with two attached hydrogens (primary N) is 2. The van der Waals surface area contributed by atoms with Gasteiger partial charge in [0, 0.05) is 6.54 Å². The van der Waals surface area contributed by atoms with Gasteiger partial charge in [-0.2, -0.15) is 0 Å². The first-order chi connectivity index (χ1) is 4.39. The van der Waals surface area contributed by atoms with E-state index in [0.29, 0.717) is 0 Å². The van der Waals surface area contributed by atoms with Crippen LogP contribution >= 0.6 is 0 Å². The Morgan fingerprint density at radius 2 is 1.70 bits per heavy atom. The lowest BCUT2D eigenvalue weighted by Crippen LogP contribution is -2.55. The van der Waals surface area contributed by atoms with Gasteiger partial charge in [0.25, 0.3) is 0 Å². The Balaban J connectivity index is 3.94. The molecule has 0 bridgehead atoms. The van der Waals surface area contributed by atoms with Crippen molar-refractivity contribution < 1.29 is 20.4 Å². The third-order valence-electron chi connectivity index (χ3n) is 1.07. The first-order valence-corrected chi connectivity index (χ1v) is 2.70. The molecule has 0 fully saturated rings. The summed E-state index contributed by atoms with van der Waals surface area (Å²) in [6.45, 7) is -0.148. The van der Waals surface area contributed by atoms with Gasteiger partial charge in [-0.15, -0.1) is 0 Å². The highest BCUT2D eigenvalue weighted by atomic mass is 16.7. The molecule has 0 heterocycles. The van der Waals surface area contributed by atoms with E-state index >= 15 is 0 Å². The minimum absolute atomic E-state index is 0.148. The SMILES string of the molecule is NCC(N)C(O)C(O)(O)O. The smallest absolute Gasteiger partial charge is 0.304 e. The predicted molar refractivity (Wildman–Crippen MR) is 32.4 cm³/mol. The summed E-state index contributed by atoms with van der Waals surface area (Å²) in [5.41, 5.74) is 10.00. The summed E-state index contributed by atoms with van der Waals surface area (Å²) in [7, 11) is 0. The highest BCUT2D eigenvalue weighted by Crippen LogP contribution is 2.03. The fourth-order valence-electron chi connectivity index (χ4n) is 0.416. The van der Waals surface area contributed by atoms with Crippen LogP contribution in [0, 0.1) is 0 Å². The molecule has 10 heavy (non-hydrogen) atoms. The summed E-state index contributed by atoms with van der Waals surface area (Å²) < 4.78 is 0. The van der Waals surface area contributed by atoms with Crippen LogP contribution in [0.25, 0.3) is 0 Å². The molecule has 0 aromatic heterocycles. The molecule has 0 amide bonds. The molecular weight excluding hydrogens is 140 g/mol. The second-order valence-corrected chi connectivity index (χ2v) is 2.03. The third kappa shape index (κ3) is 2.56. The van der Waals surface area contributed by atoms with E-state index in [9.17, 15) is 0 Å². The zero-order chi connectivity index (χ0) is 8.36. The van der Waals surface area contributed by atoms with Crippen molar-refractivity contribution in [3.05, 3.63) is 0 Å². The number of hydrogen-bond donors (Lipinski definition) is 6. The van der Waals surface area contributed by atoms with E-state index in [-0.39, 0.29) is 6.54 Å². The molecule has 6 nitrogen and oxygen atoms in total. The third-order valence-corrected chi connectivity index (χ3v) is 1.07. The second kappa shape index (κ2) is 3.24. The fraction of sp³-hybridized carbons (Fsp3) is 1.00. The molecule has 2 atom stereocenters. The van der Waals surface area contributed by atoms with E-state index in [2.05, 4.69) is 0 Å². The fourth-order valence-corrected chi connectivity index (χ4v) is 0.416. The van der Waals surface area contributed by atoms with E-state index in [0.717, 1.165) is 0 Å². The van der Waals surface area contributed by atoms with Gasteiger partial charge in [-0.1, -0.05) is 0 Å². The molecule has 0 rings (SSSR count). The zero-order valence-corrected chi connectivity index (χ0v) is 5.31. The van der Waals surface area contributed by atoms with Crippen LogP contribution in [0.3, 0.4) is 0 Å². The van der Waals surface area contributed by atoms with Gasteiger partial charge in [-0.05, 0) is 0 Å². The van der Waals surface area contributed by atoms with Crippen LogP contribution < -0.4 is 11.5 Å². The summed E-state index contributed by atoms with van der Waals surface area (Å²) in [5.74, 6) is -3.17. The quantitative estimate of drug-likeness (QED) is 0.230. The van der Waals surface area contributed by atoms with E-state index in [1.165, 1.54) is 0 Å². The highest BCUT2D eigenvalue weighted by Gasteiger charge is 2.34. The summed E-state index contributed by atoms with van der Waals surface area (Å²) in [6.07, 6.45) is -1.85. The van der Waals surface area contributed by atoms with E-state index in [1.54, 1.807) is 0 Å². The van der Waals surface area contributed by atoms with Crippen molar-refractivity contribution >= 4 is 0 Å². The molecule has 0 aliphatic heterocycles. The molecule has 0 aliphatic carbocycles. The molecule has 0 aliphatic rings. The maximum atomic E-state index is 8.70. The Bertz CT molecular complexity index is 102. The van der Waals surface area contributed by atoms with Crippen molar-refractivity contribution in [1.82, 2.24) is 0 Å². The maximum Gasteiger partial charge on any atom is 0.304 e. The molecule has 0 spiro atoms. The van der Waals surface area contributed by atoms with Gasteiger partial charge in [-0.3, -0.25) is 0 Å². The van der Waals surface area contributed by atoms with Crippen LogP contribution in [0.15, 0.2) is 0 Å². The van der Waals surface area contributed by atoms with Gasteiger partial charge in [0.1, 0.15) is 0 Å². The Kier molecular flexibility index (Phi) is 3.16. The van der Waals surface area contributed by atoms with Gasteiger partial charge in [0.2, 0.25) is 0 Å². The van der Waals surface area contributed by atoms with Crippen LogP contribution in [0.1, 0.15) is 0 Å². The molecule has 0 aromatic rings. The lowest BCUT2D eigenvalue weighted by atomic mass is 10.1. The van der Waals surface area contributed by atoms with Gasteiger partial charge in [0.15, 0.2) is 6.10 Å². The Labute approximate surface area is 57.7 Å². The van der Waals surface area contributed by atoms with Crippen LogP contribution in [0.5, 0.6) is 0 Å². The molecule has 0 saturated carbocycles. The van der Waals surface area contributed by atoms with Gasteiger partial charge >= 0.3 is 5.97 Å². The average Bonchev–Trinajstić information content (AvgIpc) is 1.83. The van der Waals surface area contributed by atoms with Crippen molar-refractivity contribution in [1.29, 1.82) is 0 Å². The van der Waals surface area contributed by atoms with Crippen LogP contribution in [0.2, 0.25) is 0 Å². The largest absolute Gasteiger partial charge is 0.383 e. The van der Waals surface area contributed by atoms with Gasteiger partial charge in [-0.25, -0.2) is 0 Å². The van der Waals surface area contributed by atoms with Crippen LogP contribution in [-0.2, 0) is 0 Å². The van der Waals surface area contributed by atoms with Crippen molar-refractivity contribution in [3.8, 4) is 0 Å². The van der Waals surface area contributed by atoms with Gasteiger partial charge < -0.3 is 31.9 Å². The summed E-state index contributed by atoms with van der Waals surface area (Å²) >= 11 is 0. The highest BCUT2D eigenvalue weighted by molar-refractivity contribution is 4.77. The lowest BCUT2D eigenvalue weighted by molar-refractivity contribution is -0.357. The van der Waals surface area contributed by atoms with Crippen molar-refractivity contribution in [2.75, 3.05) is 6.54 Å². The maximum absolute atomic E-state index is 8.70. The lowest BCUT2D eigenvalue weighted by Gasteiger charge is -2.24. The number of aliphatic hydroxyl groups excluding tert-OH is 1. The molecule has 8 N–H and O–H groups in total. The average molecular weight is 152 g/mol. The Morgan fingerprint density at radius 1 is 1.30 bits per heavy atom. The second-order valence-electron chi connectivity index (χ2n) is 2.03. The molecule has 0 saturated heterocycles. The van der Waals surface area contributed by atoms with Crippen molar-refractivity contribution in [2.45, 2.75) is 18.1 Å². The molecular formula is C4H12N2O4. The standard InChI is InChI=1S/C4H12N2O4/c5-1-2(6)3(7)4(8,9)10/h2-3,7-10H,1,5-6H2. The zero-order valence-electron chi connectivity index (χ0n) is 5.31. The number of hydrogen-bond acceptors (Lipinski definition) is 6. The van der Waals surface area contributed by atoms with Gasteiger partial charge in [0.05, 0.1) is 6.04 Å². The Morgan fingerprint density at radius 3 is 1.80 bits per heavy atom. The summed E-state index contributed by atoms with van der Waals surface area (Å²) in [6, 6.07) is -1.06. The molecule has 62 valence electrons.